The van der Waals surface area contributed by atoms with Crippen LogP contribution in [-0.2, 0) is 0 Å². The van der Waals surface area contributed by atoms with Gasteiger partial charge in [0.05, 0.1) is 4.92 Å². The van der Waals surface area contributed by atoms with Gasteiger partial charge >= 0.3 is 5.69 Å². The lowest BCUT2D eigenvalue weighted by Crippen LogP contribution is -2.29. The van der Waals surface area contributed by atoms with Crippen LogP contribution in [0.4, 0.5) is 14.5 Å². The van der Waals surface area contributed by atoms with E-state index in [1.54, 1.807) is 6.08 Å². The molecule has 1 aromatic carbocycles. The number of hydrogen-bond acceptors (Lipinski definition) is 3. The van der Waals surface area contributed by atoms with Crippen molar-refractivity contribution in [1.29, 1.82) is 0 Å². The number of hydrogen-bond donors (Lipinski definition) is 0. The highest BCUT2D eigenvalue weighted by atomic mass is 19.1. The first-order valence-electron chi connectivity index (χ1n) is 5.89. The summed E-state index contributed by atoms with van der Waals surface area (Å²) in [4.78, 5) is 22.7. The molecular formula is C13H14F2N2O3. The van der Waals surface area contributed by atoms with E-state index < -0.39 is 33.7 Å². The van der Waals surface area contributed by atoms with E-state index in [2.05, 4.69) is 6.58 Å². The number of halogens is 2. The molecule has 0 unspecified atom stereocenters. The van der Waals surface area contributed by atoms with E-state index in [1.807, 2.05) is 0 Å². The van der Waals surface area contributed by atoms with E-state index >= 15 is 0 Å². The molecule has 1 amide bonds. The predicted molar refractivity (Wildman–Crippen MR) is 69.4 cm³/mol. The van der Waals surface area contributed by atoms with Crippen LogP contribution in [0.15, 0.2) is 24.8 Å². The van der Waals surface area contributed by atoms with Gasteiger partial charge in [0, 0.05) is 19.7 Å². The molecule has 0 aliphatic heterocycles. The Hall–Kier alpha value is -2.31. The van der Waals surface area contributed by atoms with Crippen molar-refractivity contribution in [2.75, 3.05) is 13.6 Å². The number of benzene rings is 1. The highest BCUT2D eigenvalue weighted by molar-refractivity contribution is 5.95. The zero-order valence-corrected chi connectivity index (χ0v) is 10.9. The fourth-order valence-corrected chi connectivity index (χ4v) is 1.64. The van der Waals surface area contributed by atoms with E-state index in [9.17, 15) is 23.7 Å². The number of rotatable bonds is 6. The molecule has 0 saturated carbocycles. The Morgan fingerprint density at radius 3 is 2.70 bits per heavy atom. The summed E-state index contributed by atoms with van der Waals surface area (Å²) in [6.45, 7) is 3.79. The first-order valence-corrected chi connectivity index (χ1v) is 5.89. The number of nitrogens with zero attached hydrogens (tertiary/aromatic N) is 2. The highest BCUT2D eigenvalue weighted by Crippen LogP contribution is 2.24. The topological polar surface area (TPSA) is 63.5 Å². The molecule has 0 radical (unpaired) electrons. The van der Waals surface area contributed by atoms with Crippen molar-refractivity contribution in [1.82, 2.24) is 4.90 Å². The van der Waals surface area contributed by atoms with Crippen LogP contribution in [0.3, 0.4) is 0 Å². The Bertz CT molecular complexity index is 547. The molecule has 0 aromatic heterocycles. The molecular weight excluding hydrogens is 270 g/mol. The summed E-state index contributed by atoms with van der Waals surface area (Å²) in [6, 6.07) is 1.41. The van der Waals surface area contributed by atoms with Crippen molar-refractivity contribution in [3.63, 3.8) is 0 Å². The molecule has 5 nitrogen and oxygen atoms in total. The molecule has 20 heavy (non-hydrogen) atoms. The van der Waals surface area contributed by atoms with E-state index in [4.69, 9.17) is 0 Å². The maximum atomic E-state index is 13.8. The van der Waals surface area contributed by atoms with Crippen molar-refractivity contribution in [3.05, 3.63) is 52.1 Å². The van der Waals surface area contributed by atoms with Crippen molar-refractivity contribution in [2.24, 2.45) is 0 Å². The molecule has 0 spiro atoms. The summed E-state index contributed by atoms with van der Waals surface area (Å²) in [6.07, 6.45) is 2.90. The van der Waals surface area contributed by atoms with Gasteiger partial charge in [-0.1, -0.05) is 6.08 Å². The van der Waals surface area contributed by atoms with E-state index in [1.165, 1.54) is 7.05 Å². The lowest BCUT2D eigenvalue weighted by molar-refractivity contribution is -0.387. The van der Waals surface area contributed by atoms with Crippen LogP contribution in [0.25, 0.3) is 0 Å². The number of allylic oxidation sites excluding steroid dienone is 1. The fourth-order valence-electron chi connectivity index (χ4n) is 1.64. The Balaban J connectivity index is 3.05. The van der Waals surface area contributed by atoms with Gasteiger partial charge in [0.2, 0.25) is 5.82 Å². The second-order valence-electron chi connectivity index (χ2n) is 4.17. The Kier molecular flexibility index (Phi) is 5.31. The van der Waals surface area contributed by atoms with Gasteiger partial charge in [0.15, 0.2) is 0 Å². The van der Waals surface area contributed by atoms with Crippen molar-refractivity contribution < 1.29 is 18.5 Å². The molecule has 7 heteroatoms. The van der Waals surface area contributed by atoms with Gasteiger partial charge in [0.1, 0.15) is 11.4 Å². The second kappa shape index (κ2) is 6.74. The molecule has 0 fully saturated rings. The summed E-state index contributed by atoms with van der Waals surface area (Å²) in [5, 5.41) is 10.6. The standard InChI is InChI=1S/C13H14F2N2O3/c1-3-4-5-8-16(2)13(18)11-9(14)6-7-10(12(11)15)17(19)20/h3,6-7H,1,4-5,8H2,2H3. The van der Waals surface area contributed by atoms with Gasteiger partial charge in [0.25, 0.3) is 5.91 Å². The number of carbonyl (C=O) groups is 1. The first kappa shape index (κ1) is 15.7. The van der Waals surface area contributed by atoms with Crippen molar-refractivity contribution in [3.8, 4) is 0 Å². The summed E-state index contributed by atoms with van der Waals surface area (Å²) in [5.41, 5.74) is -1.82. The van der Waals surface area contributed by atoms with Crippen LogP contribution in [0.5, 0.6) is 0 Å². The Morgan fingerprint density at radius 1 is 1.50 bits per heavy atom. The second-order valence-corrected chi connectivity index (χ2v) is 4.17. The van der Waals surface area contributed by atoms with Crippen LogP contribution >= 0.6 is 0 Å². The van der Waals surface area contributed by atoms with Crippen molar-refractivity contribution in [2.45, 2.75) is 12.8 Å². The minimum Gasteiger partial charge on any atom is -0.342 e. The third-order valence-electron chi connectivity index (χ3n) is 2.73. The lowest BCUT2D eigenvalue weighted by Gasteiger charge is -2.17. The average Bonchev–Trinajstić information content (AvgIpc) is 2.38. The smallest absolute Gasteiger partial charge is 0.305 e. The summed E-state index contributed by atoms with van der Waals surface area (Å²) in [7, 11) is 1.38. The fraction of sp³-hybridized carbons (Fsp3) is 0.308. The zero-order valence-electron chi connectivity index (χ0n) is 10.9. The molecule has 0 N–H and O–H groups in total. The molecule has 1 rings (SSSR count). The van der Waals surface area contributed by atoms with Crippen LogP contribution in [0.1, 0.15) is 23.2 Å². The van der Waals surface area contributed by atoms with Crippen LogP contribution in [0.2, 0.25) is 0 Å². The molecule has 0 aliphatic carbocycles. The third kappa shape index (κ3) is 3.37. The minimum absolute atomic E-state index is 0.270. The number of nitro benzene ring substituents is 1. The molecule has 108 valence electrons. The maximum Gasteiger partial charge on any atom is 0.305 e. The van der Waals surface area contributed by atoms with Gasteiger partial charge in [-0.05, 0) is 18.9 Å². The van der Waals surface area contributed by atoms with Gasteiger partial charge in [-0.3, -0.25) is 14.9 Å². The largest absolute Gasteiger partial charge is 0.342 e. The summed E-state index contributed by atoms with van der Waals surface area (Å²) in [5.74, 6) is -3.49. The average molecular weight is 284 g/mol. The highest BCUT2D eigenvalue weighted by Gasteiger charge is 2.27. The molecule has 0 aliphatic rings. The number of amides is 1. The molecule has 1 aromatic rings. The normalized spacial score (nSPS) is 10.2. The van der Waals surface area contributed by atoms with Crippen LogP contribution < -0.4 is 0 Å². The lowest BCUT2D eigenvalue weighted by atomic mass is 10.1. The minimum atomic E-state index is -1.45. The molecule has 0 bridgehead atoms. The Morgan fingerprint density at radius 2 is 2.15 bits per heavy atom. The third-order valence-corrected chi connectivity index (χ3v) is 2.73. The quantitative estimate of drug-likeness (QED) is 0.349. The number of carbonyl (C=O) groups excluding carboxylic acids is 1. The molecule has 0 atom stereocenters. The summed E-state index contributed by atoms with van der Waals surface area (Å²) >= 11 is 0. The zero-order chi connectivity index (χ0) is 15.3. The number of unbranched alkanes of at least 4 members (excludes halogenated alkanes) is 1. The van der Waals surface area contributed by atoms with Crippen molar-refractivity contribution >= 4 is 11.6 Å². The van der Waals surface area contributed by atoms with Crippen LogP contribution in [0, 0.1) is 21.7 Å². The SMILES string of the molecule is C=CCCCN(C)C(=O)c1c(F)ccc([N+](=O)[O-])c1F. The number of nitro groups is 1. The molecule has 0 heterocycles. The summed E-state index contributed by atoms with van der Waals surface area (Å²) < 4.78 is 27.4. The van der Waals surface area contributed by atoms with E-state index in [0.717, 1.165) is 4.90 Å². The monoisotopic (exact) mass is 284 g/mol. The van der Waals surface area contributed by atoms with E-state index in [0.29, 0.717) is 25.0 Å². The van der Waals surface area contributed by atoms with Crippen LogP contribution in [-0.4, -0.2) is 29.3 Å². The molecule has 0 saturated heterocycles. The van der Waals surface area contributed by atoms with Gasteiger partial charge in [-0.2, -0.15) is 4.39 Å². The maximum absolute atomic E-state index is 13.8. The Labute approximate surface area is 114 Å². The van der Waals surface area contributed by atoms with Gasteiger partial charge < -0.3 is 4.90 Å². The van der Waals surface area contributed by atoms with Gasteiger partial charge in [-0.25, -0.2) is 4.39 Å². The first-order chi connectivity index (χ1) is 9.40. The van der Waals surface area contributed by atoms with E-state index in [-0.39, 0.29) is 6.54 Å². The predicted octanol–water partition coefficient (Wildman–Crippen LogP) is 2.91. The van der Waals surface area contributed by atoms with Gasteiger partial charge in [-0.15, -0.1) is 6.58 Å².